The van der Waals surface area contributed by atoms with Gasteiger partial charge in [0.05, 0.1) is 32.3 Å². The Morgan fingerprint density at radius 3 is 3.11 bits per heavy atom. The number of H-pyrrole nitrogens is 1. The fraction of sp³-hybridized carbons (Fsp3) is 0.750. The fourth-order valence-corrected chi connectivity index (χ4v) is 2.20. The molecule has 1 N–H and O–H groups in total. The van der Waals surface area contributed by atoms with Crippen molar-refractivity contribution in [3.63, 3.8) is 0 Å². The zero-order valence-electron chi connectivity index (χ0n) is 11.5. The molecule has 2 unspecified atom stereocenters. The number of nitrogens with zero attached hydrogens (tertiary/aromatic N) is 3. The van der Waals surface area contributed by atoms with Crippen LogP contribution in [0.3, 0.4) is 0 Å². The van der Waals surface area contributed by atoms with E-state index in [2.05, 4.69) is 31.7 Å². The van der Waals surface area contributed by atoms with Crippen LogP contribution in [0.4, 0.5) is 0 Å². The molecule has 0 radical (unpaired) electrons. The third kappa shape index (κ3) is 3.51. The first-order chi connectivity index (χ1) is 9.10. The van der Waals surface area contributed by atoms with Gasteiger partial charge in [-0.05, 0) is 13.8 Å². The predicted molar refractivity (Wildman–Crippen MR) is 67.5 cm³/mol. The number of methoxy groups -OCH3 is 1. The van der Waals surface area contributed by atoms with E-state index >= 15 is 0 Å². The van der Waals surface area contributed by atoms with Gasteiger partial charge >= 0.3 is 5.97 Å². The molecule has 1 aliphatic heterocycles. The lowest BCUT2D eigenvalue weighted by Gasteiger charge is -2.35. The molecule has 2 rings (SSSR count). The summed E-state index contributed by atoms with van der Waals surface area (Å²) in [6, 6.07) is 0.106. The molecule has 0 aromatic carbocycles. The molecule has 0 amide bonds. The molecule has 7 nitrogen and oxygen atoms in total. The summed E-state index contributed by atoms with van der Waals surface area (Å²) in [6.07, 6.45) is 0.163. The summed E-state index contributed by atoms with van der Waals surface area (Å²) in [7, 11) is 1.39. The number of hydrogen-bond acceptors (Lipinski definition) is 6. The highest BCUT2D eigenvalue weighted by atomic mass is 16.5. The zero-order chi connectivity index (χ0) is 13.8. The lowest BCUT2D eigenvalue weighted by Crippen LogP contribution is -2.44. The molecule has 1 saturated heterocycles. The minimum Gasteiger partial charge on any atom is -0.469 e. The van der Waals surface area contributed by atoms with Crippen LogP contribution in [-0.2, 0) is 14.3 Å². The monoisotopic (exact) mass is 268 g/mol. The topological polar surface area (TPSA) is 80.3 Å². The molecule has 19 heavy (non-hydrogen) atoms. The summed E-state index contributed by atoms with van der Waals surface area (Å²) in [4.78, 5) is 17.8. The van der Waals surface area contributed by atoms with Gasteiger partial charge in [-0.3, -0.25) is 14.8 Å². The molecule has 2 atom stereocenters. The third-order valence-corrected chi connectivity index (χ3v) is 3.33. The Kier molecular flexibility index (Phi) is 4.49. The van der Waals surface area contributed by atoms with E-state index in [1.807, 2.05) is 6.92 Å². The number of hydrogen-bond donors (Lipinski definition) is 1. The van der Waals surface area contributed by atoms with Crippen LogP contribution in [0.1, 0.15) is 31.0 Å². The van der Waals surface area contributed by atoms with Crippen LogP contribution < -0.4 is 0 Å². The second-order valence-electron chi connectivity index (χ2n) is 4.72. The zero-order valence-corrected chi connectivity index (χ0v) is 11.5. The number of esters is 1. The summed E-state index contributed by atoms with van der Waals surface area (Å²) in [5.41, 5.74) is 0. The molecular formula is C12H20N4O3. The van der Waals surface area contributed by atoms with Gasteiger partial charge in [-0.2, -0.15) is 5.10 Å². The summed E-state index contributed by atoms with van der Waals surface area (Å²) in [6.45, 7) is 6.04. The predicted octanol–water partition coefficient (Wildman–Crippen LogP) is 0.438. The molecular weight excluding hydrogens is 248 g/mol. The lowest BCUT2D eigenvalue weighted by molar-refractivity contribution is -0.146. The van der Waals surface area contributed by atoms with E-state index in [0.29, 0.717) is 13.2 Å². The van der Waals surface area contributed by atoms with Crippen molar-refractivity contribution in [1.29, 1.82) is 0 Å². The van der Waals surface area contributed by atoms with Gasteiger partial charge in [0.25, 0.3) is 0 Å². The summed E-state index contributed by atoms with van der Waals surface area (Å²) < 4.78 is 10.3. The first-order valence-electron chi connectivity index (χ1n) is 6.41. The number of ether oxygens (including phenoxy) is 2. The number of carbonyl (C=O) groups is 1. The molecule has 0 saturated carbocycles. The van der Waals surface area contributed by atoms with E-state index in [1.165, 1.54) is 7.11 Å². The molecule has 1 fully saturated rings. The summed E-state index contributed by atoms with van der Waals surface area (Å²) in [5, 5.41) is 7.03. The Balaban J connectivity index is 1.95. The van der Waals surface area contributed by atoms with Crippen LogP contribution in [0.2, 0.25) is 0 Å². The minimum absolute atomic E-state index is 0.106. The molecule has 0 bridgehead atoms. The average molecular weight is 268 g/mol. The highest BCUT2D eigenvalue weighted by molar-refractivity contribution is 5.69. The minimum atomic E-state index is -0.242. The first-order valence-corrected chi connectivity index (χ1v) is 6.41. The maximum Gasteiger partial charge on any atom is 0.308 e. The van der Waals surface area contributed by atoms with E-state index in [-0.39, 0.29) is 24.5 Å². The molecule has 106 valence electrons. The normalized spacial score (nSPS) is 22.2. The molecule has 1 aliphatic rings. The Morgan fingerprint density at radius 1 is 1.68 bits per heavy atom. The van der Waals surface area contributed by atoms with Gasteiger partial charge in [-0.1, -0.05) is 0 Å². The second-order valence-corrected chi connectivity index (χ2v) is 4.72. The largest absolute Gasteiger partial charge is 0.469 e. The van der Waals surface area contributed by atoms with E-state index in [1.54, 1.807) is 0 Å². The fourth-order valence-electron chi connectivity index (χ4n) is 2.20. The van der Waals surface area contributed by atoms with E-state index < -0.39 is 0 Å². The highest BCUT2D eigenvalue weighted by Gasteiger charge is 2.28. The van der Waals surface area contributed by atoms with Crippen molar-refractivity contribution < 1.29 is 14.3 Å². The number of aromatic amines is 1. The average Bonchev–Trinajstić information content (AvgIpc) is 2.84. The second kappa shape index (κ2) is 6.12. The third-order valence-electron chi connectivity index (χ3n) is 3.33. The van der Waals surface area contributed by atoms with Crippen molar-refractivity contribution >= 4 is 5.97 Å². The molecule has 0 spiro atoms. The van der Waals surface area contributed by atoms with Crippen LogP contribution in [0.25, 0.3) is 0 Å². The molecule has 1 aromatic heterocycles. The quantitative estimate of drug-likeness (QED) is 0.798. The van der Waals surface area contributed by atoms with Gasteiger partial charge in [-0.25, -0.2) is 4.98 Å². The molecule has 2 heterocycles. The molecule has 7 heteroatoms. The number of aryl methyl sites for hydroxylation is 1. The Hall–Kier alpha value is -1.47. The van der Waals surface area contributed by atoms with Crippen molar-refractivity contribution in [2.45, 2.75) is 32.4 Å². The van der Waals surface area contributed by atoms with Gasteiger partial charge in [0.1, 0.15) is 5.82 Å². The van der Waals surface area contributed by atoms with Crippen LogP contribution >= 0.6 is 0 Å². The lowest BCUT2D eigenvalue weighted by atomic mass is 10.1. The van der Waals surface area contributed by atoms with Gasteiger partial charge in [0, 0.05) is 13.1 Å². The van der Waals surface area contributed by atoms with Gasteiger partial charge in [-0.15, -0.1) is 0 Å². The number of rotatable bonds is 4. The van der Waals surface area contributed by atoms with E-state index in [9.17, 15) is 4.79 Å². The van der Waals surface area contributed by atoms with E-state index in [0.717, 1.165) is 18.2 Å². The van der Waals surface area contributed by atoms with Crippen LogP contribution in [0, 0.1) is 6.92 Å². The number of nitrogens with one attached hydrogen (secondary N) is 1. The van der Waals surface area contributed by atoms with Gasteiger partial charge < -0.3 is 9.47 Å². The summed E-state index contributed by atoms with van der Waals surface area (Å²) in [5.74, 6) is 1.34. The van der Waals surface area contributed by atoms with Crippen LogP contribution in [0.5, 0.6) is 0 Å². The smallest absolute Gasteiger partial charge is 0.308 e. The van der Waals surface area contributed by atoms with Crippen LogP contribution in [-0.4, -0.2) is 59.0 Å². The van der Waals surface area contributed by atoms with Crippen molar-refractivity contribution in [3.05, 3.63) is 11.6 Å². The van der Waals surface area contributed by atoms with Crippen molar-refractivity contribution in [2.75, 3.05) is 26.8 Å². The Morgan fingerprint density at radius 2 is 2.47 bits per heavy atom. The summed E-state index contributed by atoms with van der Waals surface area (Å²) >= 11 is 0. The van der Waals surface area contributed by atoms with Gasteiger partial charge in [0.2, 0.25) is 0 Å². The Labute approximate surface area is 112 Å². The highest BCUT2D eigenvalue weighted by Crippen LogP contribution is 2.20. The van der Waals surface area contributed by atoms with Crippen LogP contribution in [0.15, 0.2) is 0 Å². The number of morpholine rings is 1. The van der Waals surface area contributed by atoms with Crippen molar-refractivity contribution in [2.24, 2.45) is 0 Å². The SMILES string of the molecule is COC(=O)CC1CN(C(C)c2n[nH]c(C)n2)CCO1. The molecule has 1 aromatic rings. The number of aromatic nitrogens is 3. The molecule has 0 aliphatic carbocycles. The first kappa shape index (κ1) is 14.0. The van der Waals surface area contributed by atoms with Gasteiger partial charge in [0.15, 0.2) is 5.82 Å². The van der Waals surface area contributed by atoms with E-state index in [4.69, 9.17) is 4.74 Å². The maximum absolute atomic E-state index is 11.3. The number of carbonyl (C=O) groups excluding carboxylic acids is 1. The Bertz CT molecular complexity index is 434. The standard InChI is InChI=1S/C12H20N4O3/c1-8(12-13-9(2)14-15-12)16-4-5-19-10(7-16)6-11(17)18-3/h8,10H,4-7H2,1-3H3,(H,13,14,15). The maximum atomic E-state index is 11.3. The van der Waals surface area contributed by atoms with Crippen molar-refractivity contribution in [3.8, 4) is 0 Å². The van der Waals surface area contributed by atoms with Crippen molar-refractivity contribution in [1.82, 2.24) is 20.1 Å².